The van der Waals surface area contributed by atoms with E-state index in [-0.39, 0.29) is 13.2 Å². The molecular weight excluding hydrogens is 527 g/mol. The van der Waals surface area contributed by atoms with Crippen molar-refractivity contribution in [1.29, 1.82) is 0 Å². The van der Waals surface area contributed by atoms with Gasteiger partial charge in [-0.2, -0.15) is 0 Å². The molecule has 13 heteroatoms. The number of hydrogen-bond donors (Lipinski definition) is 0. The second kappa shape index (κ2) is 12.7. The minimum Gasteiger partial charge on any atom is -0.463 e. The summed E-state index contributed by atoms with van der Waals surface area (Å²) in [7, 11) is -0.528. The lowest BCUT2D eigenvalue weighted by atomic mass is 9.79. The van der Waals surface area contributed by atoms with Crippen LogP contribution in [0.2, 0.25) is 0 Å². The lowest BCUT2D eigenvalue weighted by Crippen LogP contribution is -2.62. The van der Waals surface area contributed by atoms with Crippen molar-refractivity contribution >= 4 is 36.5 Å². The predicted molar refractivity (Wildman–Crippen MR) is 139 cm³/mol. The van der Waals surface area contributed by atoms with E-state index < -0.39 is 72.9 Å². The normalized spacial score (nSPS) is 27.0. The second-order valence-electron chi connectivity index (χ2n) is 10.7. The van der Waals surface area contributed by atoms with E-state index in [1.54, 1.807) is 0 Å². The Hall–Kier alpha value is -3.00. The van der Waals surface area contributed by atoms with E-state index in [0.717, 1.165) is 24.9 Å². The van der Waals surface area contributed by atoms with Crippen molar-refractivity contribution < 1.29 is 56.9 Å². The molecule has 12 nitrogen and oxygen atoms in total. The highest BCUT2D eigenvalue weighted by molar-refractivity contribution is 6.62. The third kappa shape index (κ3) is 7.81. The average Bonchev–Trinajstić information content (AvgIpc) is 3.05. The van der Waals surface area contributed by atoms with Gasteiger partial charge in [0.05, 0.1) is 17.8 Å². The molecule has 0 aliphatic carbocycles. The molecule has 5 atom stereocenters. The summed E-state index contributed by atoms with van der Waals surface area (Å²) >= 11 is 0. The molecule has 2 fully saturated rings. The summed E-state index contributed by atoms with van der Waals surface area (Å²) in [5.74, 6) is -2.73. The van der Waals surface area contributed by atoms with Crippen molar-refractivity contribution in [3.63, 3.8) is 0 Å². The molecule has 3 rings (SSSR count). The largest absolute Gasteiger partial charge is 0.494 e. The standard InChI is InChI=1S/C27H37BO12/c1-15(29)33-14-21-22(35-16(2)30)23(36-17(3)31)24(37-18(4)32)25(38-21)34-13-19-9-11-20(12-10-19)28-39-26(5,6)27(7,8)40-28/h9-12,21-25H,13-14H2,1-8H3/t21?,22-,23+,24?,25+/m1/s1. The third-order valence-electron chi connectivity index (χ3n) is 6.87. The van der Waals surface area contributed by atoms with Gasteiger partial charge in [-0.25, -0.2) is 0 Å². The first-order valence-electron chi connectivity index (χ1n) is 13.0. The van der Waals surface area contributed by atoms with Crippen LogP contribution in [0, 0.1) is 0 Å². The summed E-state index contributed by atoms with van der Waals surface area (Å²) in [6, 6.07) is 7.36. The van der Waals surface area contributed by atoms with Crippen LogP contribution >= 0.6 is 0 Å². The van der Waals surface area contributed by atoms with Crippen molar-refractivity contribution in [2.24, 2.45) is 0 Å². The van der Waals surface area contributed by atoms with Gasteiger partial charge in [0.25, 0.3) is 0 Å². The molecule has 0 bridgehead atoms. The molecule has 2 unspecified atom stereocenters. The molecule has 2 saturated heterocycles. The molecule has 1 aromatic rings. The Morgan fingerprint density at radius 3 is 1.75 bits per heavy atom. The van der Waals surface area contributed by atoms with Crippen LogP contribution in [0.4, 0.5) is 0 Å². The van der Waals surface area contributed by atoms with E-state index in [1.165, 1.54) is 13.8 Å². The number of hydrogen-bond acceptors (Lipinski definition) is 12. The van der Waals surface area contributed by atoms with Crippen molar-refractivity contribution in [1.82, 2.24) is 0 Å². The maximum Gasteiger partial charge on any atom is 0.494 e. The van der Waals surface area contributed by atoms with E-state index >= 15 is 0 Å². The smallest absolute Gasteiger partial charge is 0.463 e. The molecule has 0 saturated carbocycles. The second-order valence-corrected chi connectivity index (χ2v) is 10.7. The molecule has 0 N–H and O–H groups in total. The van der Waals surface area contributed by atoms with E-state index in [9.17, 15) is 19.2 Å². The van der Waals surface area contributed by atoms with Crippen LogP contribution in [-0.4, -0.2) is 79.5 Å². The summed E-state index contributed by atoms with van der Waals surface area (Å²) in [6.07, 6.45) is -6.18. The Bertz CT molecular complexity index is 1070. The zero-order valence-corrected chi connectivity index (χ0v) is 24.1. The number of benzene rings is 1. The highest BCUT2D eigenvalue weighted by atomic mass is 16.7. The van der Waals surface area contributed by atoms with Crippen molar-refractivity contribution in [2.75, 3.05) is 6.61 Å². The maximum atomic E-state index is 12.0. The van der Waals surface area contributed by atoms with Crippen LogP contribution in [0.1, 0.15) is 61.0 Å². The van der Waals surface area contributed by atoms with Gasteiger partial charge in [0, 0.05) is 27.7 Å². The number of carbonyl (C=O) groups excluding carboxylic acids is 4. The molecule has 0 spiro atoms. The first-order valence-corrected chi connectivity index (χ1v) is 13.0. The Morgan fingerprint density at radius 2 is 1.25 bits per heavy atom. The van der Waals surface area contributed by atoms with Crippen molar-refractivity contribution in [3.05, 3.63) is 29.8 Å². The predicted octanol–water partition coefficient (Wildman–Crippen LogP) is 1.59. The quantitative estimate of drug-likeness (QED) is 0.244. The monoisotopic (exact) mass is 564 g/mol. The Morgan fingerprint density at radius 1 is 0.750 bits per heavy atom. The van der Waals surface area contributed by atoms with Crippen LogP contribution in [0.15, 0.2) is 24.3 Å². The summed E-state index contributed by atoms with van der Waals surface area (Å²) < 4.78 is 45.4. The van der Waals surface area contributed by atoms with Crippen LogP contribution < -0.4 is 5.46 Å². The van der Waals surface area contributed by atoms with Gasteiger partial charge in [-0.3, -0.25) is 19.2 Å². The molecule has 40 heavy (non-hydrogen) atoms. The first-order chi connectivity index (χ1) is 18.6. The topological polar surface area (TPSA) is 142 Å². The summed E-state index contributed by atoms with van der Waals surface area (Å²) in [5, 5.41) is 0. The first kappa shape index (κ1) is 31.5. The molecule has 2 aliphatic rings. The van der Waals surface area contributed by atoms with Crippen LogP contribution in [-0.2, 0) is 63.5 Å². The third-order valence-corrected chi connectivity index (χ3v) is 6.87. The minimum atomic E-state index is -1.30. The lowest BCUT2D eigenvalue weighted by Gasteiger charge is -2.44. The Kier molecular flexibility index (Phi) is 9.99. The summed E-state index contributed by atoms with van der Waals surface area (Å²) in [6.45, 7) is 12.3. The van der Waals surface area contributed by atoms with Gasteiger partial charge in [0.2, 0.25) is 0 Å². The van der Waals surface area contributed by atoms with Crippen molar-refractivity contribution in [3.8, 4) is 0 Å². The zero-order chi connectivity index (χ0) is 29.8. The molecule has 0 aromatic heterocycles. The van der Waals surface area contributed by atoms with Crippen LogP contribution in [0.3, 0.4) is 0 Å². The SMILES string of the molecule is CC(=O)OCC1O[C@H](OCc2ccc(B3OC(C)(C)C(C)(C)O3)cc2)C(OC(C)=O)[C@@H](OC(C)=O)[C@@H]1OC(C)=O. The van der Waals surface area contributed by atoms with E-state index in [4.69, 9.17) is 37.7 Å². The Labute approximate surface area is 234 Å². The highest BCUT2D eigenvalue weighted by Gasteiger charge is 2.53. The lowest BCUT2D eigenvalue weighted by molar-refractivity contribution is -0.310. The molecule has 2 heterocycles. The van der Waals surface area contributed by atoms with E-state index in [2.05, 4.69) is 0 Å². The minimum absolute atomic E-state index is 0.0113. The number of esters is 4. The molecule has 0 radical (unpaired) electrons. The van der Waals surface area contributed by atoms with Gasteiger partial charge in [-0.05, 0) is 38.7 Å². The number of carbonyl (C=O) groups is 4. The maximum absolute atomic E-state index is 12.0. The van der Waals surface area contributed by atoms with Gasteiger partial charge < -0.3 is 37.7 Å². The number of rotatable bonds is 9. The highest BCUT2D eigenvalue weighted by Crippen LogP contribution is 2.36. The molecule has 220 valence electrons. The van der Waals surface area contributed by atoms with E-state index in [1.807, 2.05) is 52.0 Å². The fourth-order valence-electron chi connectivity index (χ4n) is 4.25. The van der Waals surface area contributed by atoms with Gasteiger partial charge >= 0.3 is 31.0 Å². The number of ether oxygens (including phenoxy) is 6. The zero-order valence-electron chi connectivity index (χ0n) is 24.1. The van der Waals surface area contributed by atoms with Gasteiger partial charge in [-0.15, -0.1) is 0 Å². The summed E-state index contributed by atoms with van der Waals surface area (Å²) in [4.78, 5) is 47.3. The van der Waals surface area contributed by atoms with Gasteiger partial charge in [0.1, 0.15) is 12.7 Å². The van der Waals surface area contributed by atoms with Gasteiger partial charge in [-0.1, -0.05) is 24.3 Å². The van der Waals surface area contributed by atoms with E-state index in [0.29, 0.717) is 0 Å². The summed E-state index contributed by atoms with van der Waals surface area (Å²) in [5.41, 5.74) is 0.617. The Balaban J connectivity index is 1.81. The van der Waals surface area contributed by atoms with Crippen LogP contribution in [0.5, 0.6) is 0 Å². The average molecular weight is 564 g/mol. The molecule has 1 aromatic carbocycles. The fraction of sp³-hybridized carbons (Fsp3) is 0.630. The van der Waals surface area contributed by atoms with Crippen molar-refractivity contribution in [2.45, 2.75) is 104 Å². The fourth-order valence-corrected chi connectivity index (χ4v) is 4.25. The van der Waals surface area contributed by atoms with Gasteiger partial charge in [0.15, 0.2) is 24.6 Å². The molecule has 2 aliphatic heterocycles. The molecule has 0 amide bonds. The van der Waals surface area contributed by atoms with Crippen LogP contribution in [0.25, 0.3) is 0 Å². The molecular formula is C27H37BO12.